The third-order valence-corrected chi connectivity index (χ3v) is 6.82. The molecule has 0 saturated carbocycles. The maximum atomic E-state index is 12.8. The van der Waals surface area contributed by atoms with Gasteiger partial charge in [-0.15, -0.1) is 21.5 Å². The standard InChI is InChI=1S/C22H13F3N4OS2/c1-12-2-4-13(5-3-12)17-10-16-18(31-17)20(27-11-26-16)32-21-29-28-19(30-21)14-6-8-15(9-7-14)22(23,24)25/h2-11H,1H3. The molecular weight excluding hydrogens is 457 g/mol. The van der Waals surface area contributed by atoms with Gasteiger partial charge in [0.25, 0.3) is 5.22 Å². The second-order valence-electron chi connectivity index (χ2n) is 6.92. The van der Waals surface area contributed by atoms with Gasteiger partial charge in [-0.1, -0.05) is 29.8 Å². The SMILES string of the molecule is Cc1ccc(-c2cc3ncnc(Sc4nnc(-c5ccc(C(F)(F)F)cc5)o4)c3s2)cc1. The summed E-state index contributed by atoms with van der Waals surface area (Å²) in [7, 11) is 0. The van der Waals surface area contributed by atoms with Crippen molar-refractivity contribution in [2.75, 3.05) is 0 Å². The molecule has 160 valence electrons. The van der Waals surface area contributed by atoms with Crippen LogP contribution in [-0.4, -0.2) is 20.2 Å². The topological polar surface area (TPSA) is 64.7 Å². The zero-order valence-electron chi connectivity index (χ0n) is 16.4. The van der Waals surface area contributed by atoms with Crippen molar-refractivity contribution in [3.05, 3.63) is 72.1 Å². The van der Waals surface area contributed by atoms with Gasteiger partial charge in [0.05, 0.1) is 15.8 Å². The molecule has 0 fully saturated rings. The molecule has 0 atom stereocenters. The molecule has 0 radical (unpaired) electrons. The van der Waals surface area contributed by atoms with Crippen LogP contribution in [0.25, 0.3) is 32.1 Å². The van der Waals surface area contributed by atoms with Crippen LogP contribution in [0.5, 0.6) is 0 Å². The summed E-state index contributed by atoms with van der Waals surface area (Å²) < 4.78 is 44.8. The molecule has 3 heterocycles. The lowest BCUT2D eigenvalue weighted by Gasteiger charge is -2.05. The first-order valence-corrected chi connectivity index (χ1v) is 11.0. The van der Waals surface area contributed by atoms with Crippen LogP contribution in [0.2, 0.25) is 0 Å². The fraction of sp³-hybridized carbons (Fsp3) is 0.0909. The van der Waals surface area contributed by atoms with E-state index in [4.69, 9.17) is 4.42 Å². The van der Waals surface area contributed by atoms with Crippen molar-refractivity contribution in [2.24, 2.45) is 0 Å². The van der Waals surface area contributed by atoms with Crippen LogP contribution < -0.4 is 0 Å². The number of hydrogen-bond donors (Lipinski definition) is 0. The highest BCUT2D eigenvalue weighted by Gasteiger charge is 2.30. The van der Waals surface area contributed by atoms with E-state index in [1.165, 1.54) is 35.8 Å². The van der Waals surface area contributed by atoms with Gasteiger partial charge in [0.15, 0.2) is 0 Å². The maximum Gasteiger partial charge on any atom is 0.416 e. The van der Waals surface area contributed by atoms with Crippen LogP contribution in [0.3, 0.4) is 0 Å². The number of hydrogen-bond acceptors (Lipinski definition) is 7. The Labute approximate surface area is 188 Å². The monoisotopic (exact) mass is 470 g/mol. The Hall–Kier alpha value is -3.24. The summed E-state index contributed by atoms with van der Waals surface area (Å²) in [4.78, 5) is 9.78. The van der Waals surface area contributed by atoms with E-state index >= 15 is 0 Å². The molecule has 0 saturated heterocycles. The predicted molar refractivity (Wildman–Crippen MR) is 116 cm³/mol. The molecule has 5 nitrogen and oxygen atoms in total. The molecule has 5 rings (SSSR count). The fourth-order valence-electron chi connectivity index (χ4n) is 3.02. The van der Waals surface area contributed by atoms with E-state index < -0.39 is 11.7 Å². The number of aromatic nitrogens is 4. The van der Waals surface area contributed by atoms with Gasteiger partial charge in [-0.2, -0.15) is 13.2 Å². The lowest BCUT2D eigenvalue weighted by Crippen LogP contribution is -2.03. The lowest BCUT2D eigenvalue weighted by atomic mass is 10.1. The van der Waals surface area contributed by atoms with Crippen LogP contribution in [0.1, 0.15) is 11.1 Å². The Morgan fingerprint density at radius 1 is 0.906 bits per heavy atom. The lowest BCUT2D eigenvalue weighted by molar-refractivity contribution is -0.137. The van der Waals surface area contributed by atoms with Crippen molar-refractivity contribution in [3.8, 4) is 21.9 Å². The minimum Gasteiger partial charge on any atom is -0.411 e. The Bertz CT molecular complexity index is 1390. The van der Waals surface area contributed by atoms with Gasteiger partial charge in [0.1, 0.15) is 11.4 Å². The Balaban J connectivity index is 1.42. The predicted octanol–water partition coefficient (Wildman–Crippen LogP) is 6.89. The van der Waals surface area contributed by atoms with Crippen molar-refractivity contribution < 1.29 is 17.6 Å². The molecule has 0 aliphatic rings. The summed E-state index contributed by atoms with van der Waals surface area (Å²) in [5, 5.41) is 8.87. The quantitative estimate of drug-likeness (QED) is 0.267. The molecule has 0 amide bonds. The number of benzene rings is 2. The normalized spacial score (nSPS) is 11.9. The molecule has 0 aliphatic carbocycles. The summed E-state index contributed by atoms with van der Waals surface area (Å²) in [5.41, 5.74) is 2.76. The molecule has 2 aromatic carbocycles. The molecule has 0 N–H and O–H groups in total. The van der Waals surface area contributed by atoms with Gasteiger partial charge >= 0.3 is 6.18 Å². The number of fused-ring (bicyclic) bond motifs is 1. The van der Waals surface area contributed by atoms with Gasteiger partial charge in [0, 0.05) is 10.4 Å². The van der Waals surface area contributed by atoms with E-state index in [1.807, 2.05) is 13.0 Å². The van der Waals surface area contributed by atoms with Crippen molar-refractivity contribution in [1.82, 2.24) is 20.2 Å². The molecule has 0 unspecified atom stereocenters. The zero-order chi connectivity index (χ0) is 22.3. The van der Waals surface area contributed by atoms with Crippen molar-refractivity contribution in [1.29, 1.82) is 0 Å². The van der Waals surface area contributed by atoms with E-state index in [0.717, 1.165) is 32.8 Å². The maximum absolute atomic E-state index is 12.8. The average molecular weight is 471 g/mol. The van der Waals surface area contributed by atoms with Crippen LogP contribution in [-0.2, 0) is 6.18 Å². The summed E-state index contributed by atoms with van der Waals surface area (Å²) in [6.45, 7) is 2.04. The van der Waals surface area contributed by atoms with E-state index in [2.05, 4.69) is 44.4 Å². The summed E-state index contributed by atoms with van der Waals surface area (Å²) in [6.07, 6.45) is -2.92. The van der Waals surface area contributed by atoms with Crippen LogP contribution >= 0.6 is 23.1 Å². The van der Waals surface area contributed by atoms with Gasteiger partial charge < -0.3 is 4.42 Å². The molecule has 5 aromatic rings. The van der Waals surface area contributed by atoms with Crippen molar-refractivity contribution in [3.63, 3.8) is 0 Å². The summed E-state index contributed by atoms with van der Waals surface area (Å²) in [6, 6.07) is 14.8. The molecule has 0 aliphatic heterocycles. The smallest absolute Gasteiger partial charge is 0.411 e. The van der Waals surface area contributed by atoms with E-state index in [0.29, 0.717) is 10.6 Å². The van der Waals surface area contributed by atoms with Gasteiger partial charge in [0.2, 0.25) is 5.89 Å². The first kappa shape index (κ1) is 20.7. The first-order valence-electron chi connectivity index (χ1n) is 9.37. The Kier molecular flexibility index (Phi) is 5.18. The second-order valence-corrected chi connectivity index (χ2v) is 8.91. The Morgan fingerprint density at radius 2 is 1.62 bits per heavy atom. The number of nitrogens with zero attached hydrogens (tertiary/aromatic N) is 4. The minimum atomic E-state index is -4.40. The number of rotatable bonds is 4. The van der Waals surface area contributed by atoms with Gasteiger partial charge in [-0.25, -0.2) is 9.97 Å². The fourth-order valence-corrected chi connectivity index (χ4v) is 4.93. The molecule has 0 bridgehead atoms. The van der Waals surface area contributed by atoms with Crippen LogP contribution in [0, 0.1) is 6.92 Å². The molecule has 32 heavy (non-hydrogen) atoms. The number of thiophene rings is 1. The molecular formula is C22H13F3N4OS2. The largest absolute Gasteiger partial charge is 0.416 e. The Morgan fingerprint density at radius 3 is 2.34 bits per heavy atom. The molecule has 3 aromatic heterocycles. The first-order chi connectivity index (χ1) is 15.4. The van der Waals surface area contributed by atoms with Crippen molar-refractivity contribution >= 4 is 33.3 Å². The molecule has 0 spiro atoms. The van der Waals surface area contributed by atoms with E-state index in [1.54, 1.807) is 11.3 Å². The van der Waals surface area contributed by atoms with E-state index in [-0.39, 0.29) is 11.1 Å². The van der Waals surface area contributed by atoms with Crippen LogP contribution in [0.15, 0.2) is 75.6 Å². The third kappa shape index (κ3) is 4.11. The van der Waals surface area contributed by atoms with Gasteiger partial charge in [-0.3, -0.25) is 0 Å². The van der Waals surface area contributed by atoms with E-state index in [9.17, 15) is 13.2 Å². The number of alkyl halides is 3. The van der Waals surface area contributed by atoms with Crippen LogP contribution in [0.4, 0.5) is 13.2 Å². The summed E-state index contributed by atoms with van der Waals surface area (Å²) in [5.74, 6) is 0.137. The minimum absolute atomic E-state index is 0.137. The molecule has 10 heteroatoms. The average Bonchev–Trinajstić information content (AvgIpc) is 3.42. The summed E-state index contributed by atoms with van der Waals surface area (Å²) >= 11 is 2.76. The van der Waals surface area contributed by atoms with Gasteiger partial charge in [-0.05, 0) is 54.6 Å². The third-order valence-electron chi connectivity index (χ3n) is 4.66. The highest BCUT2D eigenvalue weighted by atomic mass is 32.2. The second kappa shape index (κ2) is 8.03. The van der Waals surface area contributed by atoms with Crippen molar-refractivity contribution in [2.45, 2.75) is 23.3 Å². The highest BCUT2D eigenvalue weighted by molar-refractivity contribution is 7.99. The zero-order valence-corrected chi connectivity index (χ0v) is 18.1. The number of halogens is 3. The highest BCUT2D eigenvalue weighted by Crippen LogP contribution is 2.39. The number of aryl methyl sites for hydroxylation is 1.